The highest BCUT2D eigenvalue weighted by molar-refractivity contribution is 7.14. The van der Waals surface area contributed by atoms with Gasteiger partial charge in [0.25, 0.3) is 0 Å². The van der Waals surface area contributed by atoms with Gasteiger partial charge in [0.2, 0.25) is 0 Å². The molecule has 126 valence electrons. The van der Waals surface area contributed by atoms with E-state index in [1.807, 2.05) is 0 Å². The lowest BCUT2D eigenvalue weighted by Crippen LogP contribution is -2.49. The van der Waals surface area contributed by atoms with Crippen molar-refractivity contribution < 1.29 is 5.11 Å². The number of hydrogen-bond acceptors (Lipinski definition) is 4. The number of nitrogens with one attached hydrogen (secondary N) is 1. The number of thiophene rings is 1. The topological polar surface area (TPSA) is 35.5 Å². The molecule has 22 heavy (non-hydrogen) atoms. The lowest BCUT2D eigenvalue weighted by atomic mass is 9.73. The van der Waals surface area contributed by atoms with Gasteiger partial charge in [0, 0.05) is 38.6 Å². The minimum absolute atomic E-state index is 0. The molecule has 0 spiro atoms. The molecule has 6 heteroatoms. The molecule has 3 rings (SSSR count). The Bertz CT molecular complexity index is 457. The Kier molecular flexibility index (Phi) is 6.99. The first kappa shape index (κ1) is 18.5. The van der Waals surface area contributed by atoms with Crippen molar-refractivity contribution in [1.82, 2.24) is 10.2 Å². The Balaban J connectivity index is 0.00000176. The Morgan fingerprint density at radius 2 is 1.95 bits per heavy atom. The van der Waals surface area contributed by atoms with E-state index in [0.717, 1.165) is 62.7 Å². The van der Waals surface area contributed by atoms with E-state index in [2.05, 4.69) is 21.7 Å². The zero-order valence-corrected chi connectivity index (χ0v) is 15.3. The van der Waals surface area contributed by atoms with Crippen LogP contribution in [0.3, 0.4) is 0 Å². The molecule has 1 aliphatic carbocycles. The molecule has 0 bridgehead atoms. The van der Waals surface area contributed by atoms with Crippen molar-refractivity contribution in [2.45, 2.75) is 43.6 Å². The average Bonchev–Trinajstić information content (AvgIpc) is 2.93. The van der Waals surface area contributed by atoms with E-state index in [0.29, 0.717) is 0 Å². The van der Waals surface area contributed by atoms with Gasteiger partial charge in [-0.1, -0.05) is 30.9 Å². The van der Waals surface area contributed by atoms with Crippen LogP contribution < -0.4 is 5.32 Å². The van der Waals surface area contributed by atoms with Crippen LogP contribution >= 0.6 is 35.3 Å². The Morgan fingerprint density at radius 1 is 1.27 bits per heavy atom. The second-order valence-corrected chi connectivity index (χ2v) is 7.99. The fourth-order valence-electron chi connectivity index (χ4n) is 3.76. The second kappa shape index (κ2) is 8.32. The van der Waals surface area contributed by atoms with Crippen molar-refractivity contribution >= 4 is 35.3 Å². The van der Waals surface area contributed by atoms with Crippen LogP contribution in [-0.2, 0) is 0 Å². The maximum atomic E-state index is 11.2. The first-order valence-corrected chi connectivity index (χ1v) is 9.32. The summed E-state index contributed by atoms with van der Waals surface area (Å²) in [6.45, 7) is 5.20. The summed E-state index contributed by atoms with van der Waals surface area (Å²) >= 11 is 7.73. The molecular weight excluding hydrogens is 339 g/mol. The number of nitrogens with zero attached hydrogens (tertiary/aromatic N) is 1. The highest BCUT2D eigenvalue weighted by Crippen LogP contribution is 2.42. The van der Waals surface area contributed by atoms with Gasteiger partial charge in [-0.25, -0.2) is 0 Å². The van der Waals surface area contributed by atoms with Gasteiger partial charge in [-0.2, -0.15) is 0 Å². The minimum atomic E-state index is -0.548. The van der Waals surface area contributed by atoms with Crippen LogP contribution in [-0.4, -0.2) is 48.3 Å². The predicted molar refractivity (Wildman–Crippen MR) is 96.7 cm³/mol. The van der Waals surface area contributed by atoms with Gasteiger partial charge in [0.05, 0.1) is 9.94 Å². The third-order valence-corrected chi connectivity index (χ3v) is 6.12. The molecule has 1 saturated heterocycles. The normalized spacial score (nSPS) is 23.7. The molecule has 2 heterocycles. The first-order valence-electron chi connectivity index (χ1n) is 8.07. The van der Waals surface area contributed by atoms with Gasteiger partial charge in [-0.3, -0.25) is 0 Å². The van der Waals surface area contributed by atoms with Crippen LogP contribution in [0.25, 0.3) is 0 Å². The number of halogens is 2. The molecule has 1 aromatic heterocycles. The van der Waals surface area contributed by atoms with E-state index in [4.69, 9.17) is 11.6 Å². The van der Waals surface area contributed by atoms with Crippen molar-refractivity contribution in [2.75, 3.05) is 32.7 Å². The monoisotopic (exact) mass is 364 g/mol. The third kappa shape index (κ3) is 4.37. The van der Waals surface area contributed by atoms with Gasteiger partial charge in [-0.15, -0.1) is 23.7 Å². The Morgan fingerprint density at radius 3 is 2.55 bits per heavy atom. The highest BCUT2D eigenvalue weighted by Gasteiger charge is 2.40. The minimum Gasteiger partial charge on any atom is -0.389 e. The van der Waals surface area contributed by atoms with Crippen molar-refractivity contribution in [3.8, 4) is 0 Å². The standard InChI is InChI=1S/C16H25ClN2OS.ClH/c17-15-10-13(12-21-15)14(11-19-8-6-18-7-9-19)16(20)4-2-1-3-5-16;/h10,12,14,18,20H,1-9,11H2;1H. The summed E-state index contributed by atoms with van der Waals surface area (Å²) in [5, 5.41) is 16.8. The van der Waals surface area contributed by atoms with E-state index >= 15 is 0 Å². The Hall–Kier alpha value is 0.160. The van der Waals surface area contributed by atoms with E-state index in [-0.39, 0.29) is 18.3 Å². The number of piperazine rings is 1. The fraction of sp³-hybridized carbons (Fsp3) is 0.750. The molecule has 1 unspecified atom stereocenters. The molecule has 2 fully saturated rings. The molecule has 2 N–H and O–H groups in total. The van der Waals surface area contributed by atoms with Crippen molar-refractivity contribution in [2.24, 2.45) is 0 Å². The maximum Gasteiger partial charge on any atom is 0.0931 e. The van der Waals surface area contributed by atoms with E-state index in [9.17, 15) is 5.11 Å². The molecule has 1 saturated carbocycles. The van der Waals surface area contributed by atoms with Crippen LogP contribution in [0.15, 0.2) is 11.4 Å². The largest absolute Gasteiger partial charge is 0.389 e. The fourth-order valence-corrected chi connectivity index (χ4v) is 4.70. The van der Waals surface area contributed by atoms with Crippen LogP contribution in [0.1, 0.15) is 43.6 Å². The molecule has 0 amide bonds. The molecule has 1 aliphatic heterocycles. The summed E-state index contributed by atoms with van der Waals surface area (Å²) in [4.78, 5) is 2.49. The summed E-state index contributed by atoms with van der Waals surface area (Å²) in [5.41, 5.74) is 0.681. The van der Waals surface area contributed by atoms with E-state index < -0.39 is 5.60 Å². The quantitative estimate of drug-likeness (QED) is 0.857. The highest BCUT2D eigenvalue weighted by atomic mass is 35.5. The zero-order valence-electron chi connectivity index (χ0n) is 12.9. The Labute approximate surface area is 148 Å². The van der Waals surface area contributed by atoms with Gasteiger partial charge in [0.15, 0.2) is 0 Å². The lowest BCUT2D eigenvalue weighted by molar-refractivity contribution is -0.0315. The molecule has 0 radical (unpaired) electrons. The molecule has 1 aromatic rings. The van der Waals surface area contributed by atoms with Crippen molar-refractivity contribution in [3.05, 3.63) is 21.3 Å². The zero-order chi connectivity index (χ0) is 14.7. The van der Waals surface area contributed by atoms with Crippen LogP contribution in [0.5, 0.6) is 0 Å². The molecular formula is C16H26Cl2N2OS. The summed E-state index contributed by atoms with van der Waals surface area (Å²) in [5.74, 6) is 0.194. The second-order valence-electron chi connectivity index (χ2n) is 6.45. The molecule has 1 atom stereocenters. The summed E-state index contributed by atoms with van der Waals surface area (Å²) < 4.78 is 0.828. The van der Waals surface area contributed by atoms with E-state index in [1.54, 1.807) is 11.3 Å². The number of hydrogen-bond donors (Lipinski definition) is 2. The predicted octanol–water partition coefficient (Wildman–Crippen LogP) is 3.51. The maximum absolute atomic E-state index is 11.2. The van der Waals surface area contributed by atoms with Gasteiger partial charge >= 0.3 is 0 Å². The smallest absolute Gasteiger partial charge is 0.0931 e. The van der Waals surface area contributed by atoms with Gasteiger partial charge in [0.1, 0.15) is 0 Å². The number of rotatable bonds is 4. The summed E-state index contributed by atoms with van der Waals surface area (Å²) in [6, 6.07) is 2.06. The molecule has 2 aliphatic rings. The van der Waals surface area contributed by atoms with Crippen LogP contribution in [0, 0.1) is 0 Å². The number of aliphatic hydroxyl groups is 1. The van der Waals surface area contributed by atoms with Gasteiger partial charge in [-0.05, 0) is 29.9 Å². The van der Waals surface area contributed by atoms with Crippen molar-refractivity contribution in [3.63, 3.8) is 0 Å². The lowest BCUT2D eigenvalue weighted by Gasteiger charge is -2.42. The van der Waals surface area contributed by atoms with Crippen LogP contribution in [0.4, 0.5) is 0 Å². The van der Waals surface area contributed by atoms with Gasteiger partial charge < -0.3 is 15.3 Å². The SMILES string of the molecule is Cl.OC1(C(CN2CCNCC2)c2csc(Cl)c2)CCCCC1. The average molecular weight is 365 g/mol. The molecule has 0 aromatic carbocycles. The first-order chi connectivity index (χ1) is 10.2. The summed E-state index contributed by atoms with van der Waals surface area (Å²) in [6.07, 6.45) is 5.40. The third-order valence-electron chi connectivity index (χ3n) is 5.01. The van der Waals surface area contributed by atoms with Crippen LogP contribution in [0.2, 0.25) is 4.34 Å². The summed E-state index contributed by atoms with van der Waals surface area (Å²) in [7, 11) is 0. The van der Waals surface area contributed by atoms with E-state index in [1.165, 1.54) is 12.0 Å². The van der Waals surface area contributed by atoms with Crippen molar-refractivity contribution in [1.29, 1.82) is 0 Å². The molecule has 3 nitrogen and oxygen atoms in total.